The van der Waals surface area contributed by atoms with E-state index >= 15 is 0 Å². The van der Waals surface area contributed by atoms with Gasteiger partial charge in [0.25, 0.3) is 5.82 Å². The molecule has 0 unspecified atom stereocenters. The van der Waals surface area contributed by atoms with E-state index in [2.05, 4.69) is 20.6 Å². The van der Waals surface area contributed by atoms with Gasteiger partial charge in [0.1, 0.15) is 5.82 Å². The second-order valence-electron chi connectivity index (χ2n) is 7.56. The van der Waals surface area contributed by atoms with Crippen LogP contribution in [0.4, 0.5) is 24.7 Å². The number of amides is 1. The first-order valence-corrected chi connectivity index (χ1v) is 9.85. The molecule has 3 aromatic rings. The fourth-order valence-corrected chi connectivity index (χ4v) is 3.65. The van der Waals surface area contributed by atoms with Crippen LogP contribution in [0.3, 0.4) is 0 Å². The summed E-state index contributed by atoms with van der Waals surface area (Å²) >= 11 is 0. The van der Waals surface area contributed by atoms with E-state index in [1.807, 2.05) is 41.8 Å². The zero-order chi connectivity index (χ0) is 22.2. The number of aromatic nitrogens is 4. The Bertz CT molecular complexity index is 1080. The molecule has 1 aliphatic heterocycles. The van der Waals surface area contributed by atoms with Crippen molar-refractivity contribution in [2.75, 3.05) is 42.9 Å². The molecule has 3 heterocycles. The van der Waals surface area contributed by atoms with Gasteiger partial charge in [-0.3, -0.25) is 9.69 Å². The molecule has 1 saturated heterocycles. The van der Waals surface area contributed by atoms with Gasteiger partial charge < -0.3 is 10.2 Å². The number of alkyl halides is 3. The number of nitrogens with one attached hydrogen (secondary N) is 1. The molecule has 1 amide bonds. The first-order chi connectivity index (χ1) is 14.7. The molecule has 4 rings (SSSR count). The van der Waals surface area contributed by atoms with Crippen molar-refractivity contribution in [3.63, 3.8) is 0 Å². The lowest BCUT2D eigenvalue weighted by Gasteiger charge is -2.34. The van der Waals surface area contributed by atoms with Crippen LogP contribution in [0.2, 0.25) is 0 Å². The highest BCUT2D eigenvalue weighted by Gasteiger charge is 2.37. The minimum Gasteiger partial charge on any atom is -0.353 e. The molecule has 1 N–H and O–H groups in total. The number of hydrogen-bond acceptors (Lipinski definition) is 6. The highest BCUT2D eigenvalue weighted by Crippen LogP contribution is 2.28. The Labute approximate surface area is 176 Å². The molecule has 0 radical (unpaired) electrons. The molecule has 8 nitrogen and oxygen atoms in total. The summed E-state index contributed by atoms with van der Waals surface area (Å²) in [7, 11) is 0. The number of piperazine rings is 1. The number of rotatable bonds is 4. The van der Waals surface area contributed by atoms with Gasteiger partial charge in [0.05, 0.1) is 6.54 Å². The van der Waals surface area contributed by atoms with Crippen LogP contribution in [-0.4, -0.2) is 63.3 Å². The second-order valence-corrected chi connectivity index (χ2v) is 7.56. The highest BCUT2D eigenvalue weighted by molar-refractivity contribution is 5.93. The van der Waals surface area contributed by atoms with Gasteiger partial charge in [-0.15, -0.1) is 15.3 Å². The van der Waals surface area contributed by atoms with E-state index in [-0.39, 0.29) is 18.1 Å². The first kappa shape index (κ1) is 21.0. The van der Waals surface area contributed by atoms with Gasteiger partial charge in [0.15, 0.2) is 5.65 Å². The Hall–Kier alpha value is -3.21. The number of nitrogens with zero attached hydrogens (tertiary/aromatic N) is 6. The van der Waals surface area contributed by atoms with Crippen molar-refractivity contribution < 1.29 is 18.0 Å². The van der Waals surface area contributed by atoms with Crippen LogP contribution in [0, 0.1) is 13.8 Å². The van der Waals surface area contributed by atoms with Crippen LogP contribution < -0.4 is 10.2 Å². The molecule has 1 fully saturated rings. The molecule has 0 spiro atoms. The number of benzene rings is 1. The maximum Gasteiger partial charge on any atom is 0.453 e. The van der Waals surface area contributed by atoms with Crippen LogP contribution >= 0.6 is 0 Å². The number of carbonyl (C=O) groups excluding carboxylic acids is 1. The Kier molecular flexibility index (Phi) is 5.52. The Morgan fingerprint density at radius 3 is 2.35 bits per heavy atom. The third kappa shape index (κ3) is 4.46. The van der Waals surface area contributed by atoms with E-state index in [0.717, 1.165) is 21.3 Å². The van der Waals surface area contributed by atoms with Gasteiger partial charge in [-0.25, -0.2) is 0 Å². The predicted octanol–water partition coefficient (Wildman–Crippen LogP) is 2.52. The number of carbonyl (C=O) groups is 1. The first-order valence-electron chi connectivity index (χ1n) is 9.85. The maximum absolute atomic E-state index is 13.1. The van der Waals surface area contributed by atoms with Crippen molar-refractivity contribution in [3.05, 3.63) is 47.3 Å². The molecular formula is C20H22F3N7O. The smallest absolute Gasteiger partial charge is 0.353 e. The predicted molar refractivity (Wildman–Crippen MR) is 109 cm³/mol. The summed E-state index contributed by atoms with van der Waals surface area (Å²) < 4.78 is 40.0. The Balaban J connectivity index is 1.38. The van der Waals surface area contributed by atoms with Crippen molar-refractivity contribution in [1.82, 2.24) is 24.7 Å². The second kappa shape index (κ2) is 8.14. The molecular weight excluding hydrogens is 411 g/mol. The van der Waals surface area contributed by atoms with Gasteiger partial charge >= 0.3 is 6.18 Å². The van der Waals surface area contributed by atoms with Crippen molar-refractivity contribution in [2.24, 2.45) is 0 Å². The molecule has 1 aliphatic rings. The molecule has 0 atom stereocenters. The lowest BCUT2D eigenvalue weighted by molar-refractivity contribution is -0.146. The molecule has 164 valence electrons. The van der Waals surface area contributed by atoms with Crippen molar-refractivity contribution >= 4 is 23.1 Å². The lowest BCUT2D eigenvalue weighted by atomic mass is 10.1. The average molecular weight is 433 g/mol. The van der Waals surface area contributed by atoms with Crippen molar-refractivity contribution in [1.29, 1.82) is 0 Å². The van der Waals surface area contributed by atoms with Crippen LogP contribution in [0.5, 0.6) is 0 Å². The normalized spacial score (nSPS) is 15.5. The largest absolute Gasteiger partial charge is 0.453 e. The maximum atomic E-state index is 13.1. The van der Waals surface area contributed by atoms with E-state index in [1.165, 1.54) is 6.07 Å². The third-order valence-electron chi connectivity index (χ3n) is 5.31. The summed E-state index contributed by atoms with van der Waals surface area (Å²) in [5.74, 6) is -0.826. The number of hydrogen-bond donors (Lipinski definition) is 1. The van der Waals surface area contributed by atoms with Crippen molar-refractivity contribution in [2.45, 2.75) is 20.0 Å². The van der Waals surface area contributed by atoms with Crippen LogP contribution in [0.1, 0.15) is 17.0 Å². The molecule has 2 aromatic heterocycles. The van der Waals surface area contributed by atoms with Crippen LogP contribution in [-0.2, 0) is 11.0 Å². The minimum atomic E-state index is -4.63. The summed E-state index contributed by atoms with van der Waals surface area (Å²) in [6.45, 7) is 6.41. The fraction of sp³-hybridized carbons (Fsp3) is 0.400. The quantitative estimate of drug-likeness (QED) is 0.681. The van der Waals surface area contributed by atoms with E-state index in [0.29, 0.717) is 32.0 Å². The third-order valence-corrected chi connectivity index (χ3v) is 5.31. The van der Waals surface area contributed by atoms with Gasteiger partial charge in [-0.05, 0) is 37.1 Å². The average Bonchev–Trinajstić information content (AvgIpc) is 3.15. The SMILES string of the molecule is Cc1cccc(C)c1NC(=O)CN1CCN(c2ccc3nnc(C(F)(F)F)n3n2)CC1. The van der Waals surface area contributed by atoms with E-state index in [9.17, 15) is 18.0 Å². The molecule has 11 heteroatoms. The number of para-hydroxylation sites is 1. The molecule has 0 bridgehead atoms. The highest BCUT2D eigenvalue weighted by atomic mass is 19.4. The number of halogens is 3. The standard InChI is InChI=1S/C20H22F3N7O/c1-13-4-3-5-14(2)18(13)24-17(31)12-28-8-10-29(11-9-28)16-7-6-15-25-26-19(20(21,22)23)30(15)27-16/h3-7H,8-12H2,1-2H3,(H,24,31). The van der Waals surface area contributed by atoms with E-state index in [4.69, 9.17) is 0 Å². The number of aryl methyl sites for hydroxylation is 2. The van der Waals surface area contributed by atoms with Gasteiger partial charge in [-0.2, -0.15) is 17.7 Å². The van der Waals surface area contributed by atoms with Crippen LogP contribution in [0.25, 0.3) is 5.65 Å². The topological polar surface area (TPSA) is 78.7 Å². The van der Waals surface area contributed by atoms with Gasteiger partial charge in [-0.1, -0.05) is 18.2 Å². The fourth-order valence-electron chi connectivity index (χ4n) is 3.65. The molecule has 31 heavy (non-hydrogen) atoms. The number of anilines is 2. The molecule has 1 aromatic carbocycles. The van der Waals surface area contributed by atoms with Crippen LogP contribution in [0.15, 0.2) is 30.3 Å². The summed E-state index contributed by atoms with van der Waals surface area (Å²) in [5.41, 5.74) is 2.88. The Morgan fingerprint density at radius 2 is 1.71 bits per heavy atom. The zero-order valence-electron chi connectivity index (χ0n) is 17.1. The number of fused-ring (bicyclic) bond motifs is 1. The molecule has 0 saturated carbocycles. The summed E-state index contributed by atoms with van der Waals surface area (Å²) in [4.78, 5) is 16.4. The van der Waals surface area contributed by atoms with Gasteiger partial charge in [0.2, 0.25) is 5.91 Å². The van der Waals surface area contributed by atoms with E-state index < -0.39 is 12.0 Å². The van der Waals surface area contributed by atoms with E-state index in [1.54, 1.807) is 6.07 Å². The van der Waals surface area contributed by atoms with Crippen molar-refractivity contribution in [3.8, 4) is 0 Å². The monoisotopic (exact) mass is 433 g/mol. The lowest BCUT2D eigenvalue weighted by Crippen LogP contribution is -2.49. The zero-order valence-corrected chi connectivity index (χ0v) is 17.1. The summed E-state index contributed by atoms with van der Waals surface area (Å²) in [6.07, 6.45) is -4.63. The summed E-state index contributed by atoms with van der Waals surface area (Å²) in [5, 5.41) is 13.8. The molecule has 0 aliphatic carbocycles. The minimum absolute atomic E-state index is 0.0397. The Morgan fingerprint density at radius 1 is 1.03 bits per heavy atom. The summed E-state index contributed by atoms with van der Waals surface area (Å²) in [6, 6.07) is 8.95. The van der Waals surface area contributed by atoms with Gasteiger partial charge in [0, 0.05) is 31.9 Å².